The van der Waals surface area contributed by atoms with Crippen molar-refractivity contribution in [3.8, 4) is 11.5 Å². The molecule has 0 aliphatic rings. The standard InChI is InChI=1S/C20H24N2O6/c1-4-27-13-15-9-7-6-8-14(15)12-21-20(23)16-10-18(26-3)19(28-5-2)11-17(16)22(24)25/h6-11H,4-5,12-13H2,1-3H3,(H,21,23). The van der Waals surface area contributed by atoms with Gasteiger partial charge in [0.1, 0.15) is 5.56 Å². The molecule has 0 saturated carbocycles. The lowest BCUT2D eigenvalue weighted by Crippen LogP contribution is -2.24. The molecule has 2 aromatic carbocycles. The number of carbonyl (C=O) groups excluding carboxylic acids is 1. The van der Waals surface area contributed by atoms with Crippen LogP contribution in [0.4, 0.5) is 5.69 Å². The Hall–Kier alpha value is -3.13. The quantitative estimate of drug-likeness (QED) is 0.494. The Labute approximate surface area is 163 Å². The molecule has 0 fully saturated rings. The van der Waals surface area contributed by atoms with Gasteiger partial charge in [0.15, 0.2) is 11.5 Å². The molecule has 0 saturated heterocycles. The zero-order chi connectivity index (χ0) is 20.5. The number of amides is 1. The average Bonchev–Trinajstić information content (AvgIpc) is 2.70. The van der Waals surface area contributed by atoms with E-state index in [1.807, 2.05) is 31.2 Å². The molecule has 28 heavy (non-hydrogen) atoms. The predicted molar refractivity (Wildman–Crippen MR) is 104 cm³/mol. The summed E-state index contributed by atoms with van der Waals surface area (Å²) in [7, 11) is 1.41. The second-order valence-corrected chi connectivity index (χ2v) is 5.80. The average molecular weight is 388 g/mol. The minimum absolute atomic E-state index is 0.0902. The molecule has 0 aliphatic carbocycles. The fraction of sp³-hybridized carbons (Fsp3) is 0.350. The molecule has 0 heterocycles. The van der Waals surface area contributed by atoms with Gasteiger partial charge in [0.05, 0.1) is 31.3 Å². The van der Waals surface area contributed by atoms with E-state index in [0.717, 1.165) is 11.1 Å². The van der Waals surface area contributed by atoms with Crippen LogP contribution in [0.5, 0.6) is 11.5 Å². The van der Waals surface area contributed by atoms with Crippen LogP contribution in [0.3, 0.4) is 0 Å². The van der Waals surface area contributed by atoms with Gasteiger partial charge in [-0.25, -0.2) is 0 Å². The molecular weight excluding hydrogens is 364 g/mol. The van der Waals surface area contributed by atoms with Gasteiger partial charge in [-0.2, -0.15) is 0 Å². The van der Waals surface area contributed by atoms with E-state index in [1.165, 1.54) is 19.2 Å². The van der Waals surface area contributed by atoms with Crippen molar-refractivity contribution in [3.63, 3.8) is 0 Å². The van der Waals surface area contributed by atoms with Crippen LogP contribution in [0, 0.1) is 10.1 Å². The van der Waals surface area contributed by atoms with Crippen LogP contribution >= 0.6 is 0 Å². The van der Waals surface area contributed by atoms with Crippen LogP contribution < -0.4 is 14.8 Å². The minimum atomic E-state index is -0.611. The fourth-order valence-corrected chi connectivity index (χ4v) is 2.66. The molecule has 0 atom stereocenters. The molecule has 0 aromatic heterocycles. The molecule has 0 spiro atoms. The first kappa shape index (κ1) is 21.2. The molecule has 0 radical (unpaired) electrons. The van der Waals surface area contributed by atoms with E-state index in [9.17, 15) is 14.9 Å². The Morgan fingerprint density at radius 3 is 2.43 bits per heavy atom. The molecule has 0 unspecified atom stereocenters. The minimum Gasteiger partial charge on any atom is -0.493 e. The summed E-state index contributed by atoms with van der Waals surface area (Å²) in [6, 6.07) is 10.1. The monoisotopic (exact) mass is 388 g/mol. The van der Waals surface area contributed by atoms with Crippen molar-refractivity contribution in [2.75, 3.05) is 20.3 Å². The van der Waals surface area contributed by atoms with Gasteiger partial charge in [0.25, 0.3) is 11.6 Å². The summed E-state index contributed by atoms with van der Waals surface area (Å²) >= 11 is 0. The Bertz CT molecular complexity index is 837. The summed E-state index contributed by atoms with van der Waals surface area (Å²) in [5.74, 6) is -0.0936. The molecular formula is C20H24N2O6. The second-order valence-electron chi connectivity index (χ2n) is 5.80. The summed E-state index contributed by atoms with van der Waals surface area (Å²) in [4.78, 5) is 23.5. The SMILES string of the molecule is CCOCc1ccccc1CNC(=O)c1cc(OC)c(OCC)cc1[N+](=O)[O-]. The maximum atomic E-state index is 12.7. The van der Waals surface area contributed by atoms with Crippen molar-refractivity contribution in [2.24, 2.45) is 0 Å². The number of benzene rings is 2. The van der Waals surface area contributed by atoms with Crippen molar-refractivity contribution in [1.82, 2.24) is 5.32 Å². The number of hydrogen-bond acceptors (Lipinski definition) is 6. The number of hydrogen-bond donors (Lipinski definition) is 1. The first-order valence-corrected chi connectivity index (χ1v) is 8.93. The number of nitro benzene ring substituents is 1. The lowest BCUT2D eigenvalue weighted by atomic mass is 10.1. The van der Waals surface area contributed by atoms with Crippen molar-refractivity contribution in [1.29, 1.82) is 0 Å². The van der Waals surface area contributed by atoms with Gasteiger partial charge in [0, 0.05) is 19.2 Å². The normalized spacial score (nSPS) is 10.4. The van der Waals surface area contributed by atoms with E-state index >= 15 is 0 Å². The van der Waals surface area contributed by atoms with E-state index in [0.29, 0.717) is 19.8 Å². The highest BCUT2D eigenvalue weighted by Crippen LogP contribution is 2.34. The van der Waals surface area contributed by atoms with Gasteiger partial charge in [-0.15, -0.1) is 0 Å². The highest BCUT2D eigenvalue weighted by molar-refractivity contribution is 5.99. The lowest BCUT2D eigenvalue weighted by molar-refractivity contribution is -0.385. The van der Waals surface area contributed by atoms with Gasteiger partial charge in [-0.1, -0.05) is 24.3 Å². The maximum Gasteiger partial charge on any atom is 0.286 e. The van der Waals surface area contributed by atoms with E-state index in [-0.39, 0.29) is 29.3 Å². The largest absolute Gasteiger partial charge is 0.493 e. The Morgan fingerprint density at radius 2 is 1.82 bits per heavy atom. The van der Waals surface area contributed by atoms with Gasteiger partial charge >= 0.3 is 0 Å². The third kappa shape index (κ3) is 5.20. The summed E-state index contributed by atoms with van der Waals surface area (Å²) in [6.45, 7) is 5.21. The molecule has 1 amide bonds. The molecule has 0 bridgehead atoms. The second kappa shape index (κ2) is 10.3. The van der Waals surface area contributed by atoms with Crippen molar-refractivity contribution in [2.45, 2.75) is 27.0 Å². The van der Waals surface area contributed by atoms with Crippen LogP contribution in [0.2, 0.25) is 0 Å². The number of nitro groups is 1. The van der Waals surface area contributed by atoms with Gasteiger partial charge in [-0.05, 0) is 25.0 Å². The number of nitrogens with zero attached hydrogens (tertiary/aromatic N) is 1. The molecule has 8 nitrogen and oxygen atoms in total. The van der Waals surface area contributed by atoms with E-state index < -0.39 is 10.8 Å². The van der Waals surface area contributed by atoms with E-state index in [4.69, 9.17) is 14.2 Å². The van der Waals surface area contributed by atoms with Crippen LogP contribution in [0.25, 0.3) is 0 Å². The zero-order valence-corrected chi connectivity index (χ0v) is 16.2. The van der Waals surface area contributed by atoms with Gasteiger partial charge < -0.3 is 19.5 Å². The predicted octanol–water partition coefficient (Wildman–Crippen LogP) is 3.47. The Morgan fingerprint density at radius 1 is 1.11 bits per heavy atom. The number of nitrogens with one attached hydrogen (secondary N) is 1. The Kier molecular flexibility index (Phi) is 7.76. The summed E-state index contributed by atoms with van der Waals surface area (Å²) in [6.07, 6.45) is 0. The van der Waals surface area contributed by atoms with Crippen molar-refractivity contribution < 1.29 is 23.9 Å². The first-order valence-electron chi connectivity index (χ1n) is 8.93. The third-order valence-corrected chi connectivity index (χ3v) is 4.04. The number of carbonyl (C=O) groups is 1. The molecule has 1 N–H and O–H groups in total. The molecule has 2 rings (SSSR count). The third-order valence-electron chi connectivity index (χ3n) is 4.04. The highest BCUT2D eigenvalue weighted by Gasteiger charge is 2.24. The van der Waals surface area contributed by atoms with Crippen LogP contribution in [-0.4, -0.2) is 31.2 Å². The zero-order valence-electron chi connectivity index (χ0n) is 16.2. The molecule has 8 heteroatoms. The number of methoxy groups -OCH3 is 1. The smallest absolute Gasteiger partial charge is 0.286 e. The maximum absolute atomic E-state index is 12.7. The summed E-state index contributed by atoms with van der Waals surface area (Å²) in [5, 5.41) is 14.2. The topological polar surface area (TPSA) is 99.9 Å². The molecule has 2 aromatic rings. The fourth-order valence-electron chi connectivity index (χ4n) is 2.66. The molecule has 0 aliphatic heterocycles. The van der Waals surface area contributed by atoms with Crippen molar-refractivity contribution in [3.05, 3.63) is 63.2 Å². The number of rotatable bonds is 10. The van der Waals surface area contributed by atoms with E-state index in [1.54, 1.807) is 6.92 Å². The van der Waals surface area contributed by atoms with E-state index in [2.05, 4.69) is 5.32 Å². The van der Waals surface area contributed by atoms with Crippen LogP contribution in [-0.2, 0) is 17.9 Å². The Balaban J connectivity index is 2.25. The van der Waals surface area contributed by atoms with Gasteiger partial charge in [0.2, 0.25) is 0 Å². The van der Waals surface area contributed by atoms with Crippen molar-refractivity contribution >= 4 is 11.6 Å². The summed E-state index contributed by atoms with van der Waals surface area (Å²) < 4.78 is 16.0. The van der Waals surface area contributed by atoms with Crippen LogP contribution in [0.15, 0.2) is 36.4 Å². The lowest BCUT2D eigenvalue weighted by Gasteiger charge is -2.13. The first-order chi connectivity index (χ1) is 13.5. The molecule has 150 valence electrons. The van der Waals surface area contributed by atoms with Crippen LogP contribution in [0.1, 0.15) is 35.3 Å². The highest BCUT2D eigenvalue weighted by atomic mass is 16.6. The number of ether oxygens (including phenoxy) is 3. The summed E-state index contributed by atoms with van der Waals surface area (Å²) in [5.41, 5.74) is 1.39. The van der Waals surface area contributed by atoms with Gasteiger partial charge in [-0.3, -0.25) is 14.9 Å².